The number of alkyl halides is 4. The maximum absolute atomic E-state index is 11.3. The van der Waals surface area contributed by atoms with Crippen molar-refractivity contribution in [2.24, 2.45) is 0 Å². The number of carboxylic acid groups (broad SMARTS) is 1. The van der Waals surface area contributed by atoms with E-state index in [0.717, 1.165) is 63.2 Å². The van der Waals surface area contributed by atoms with Crippen molar-refractivity contribution in [3.63, 3.8) is 0 Å². The lowest BCUT2D eigenvalue weighted by atomic mass is 9.91. The summed E-state index contributed by atoms with van der Waals surface area (Å²) in [5, 5.41) is 8.92. The third kappa shape index (κ3) is 11.7. The van der Waals surface area contributed by atoms with E-state index in [9.17, 15) is 9.59 Å². The molecule has 0 radical (unpaired) electrons. The minimum Gasteiger partial charge on any atom is -0.493 e. The van der Waals surface area contributed by atoms with Crippen LogP contribution < -0.4 is 9.47 Å². The maximum atomic E-state index is 11.3. The summed E-state index contributed by atoms with van der Waals surface area (Å²) >= 11 is 11.5. The van der Waals surface area contributed by atoms with Crippen molar-refractivity contribution >= 4 is 146 Å². The van der Waals surface area contributed by atoms with Gasteiger partial charge in [-0.1, -0.05) is 111 Å². The number of benzene rings is 2. The van der Waals surface area contributed by atoms with Crippen molar-refractivity contribution in [3.05, 3.63) is 57.6 Å². The van der Waals surface area contributed by atoms with Crippen molar-refractivity contribution in [3.8, 4) is 11.5 Å². The van der Waals surface area contributed by atoms with Gasteiger partial charge in [-0.15, -0.1) is 0 Å². The number of ketones is 1. The largest absolute Gasteiger partial charge is 0.493 e. The van der Waals surface area contributed by atoms with Crippen LogP contribution in [0.5, 0.6) is 11.5 Å². The zero-order valence-corrected chi connectivity index (χ0v) is 35.3. The van der Waals surface area contributed by atoms with Crippen molar-refractivity contribution in [2.45, 2.75) is 70.1 Å². The summed E-state index contributed by atoms with van der Waals surface area (Å²) in [6.45, 7) is 3.24. The molecule has 0 bridgehead atoms. The number of hydrogen-bond acceptors (Lipinski definition) is 5. The highest BCUT2D eigenvalue weighted by molar-refractivity contribution is 14.3. The van der Waals surface area contributed by atoms with E-state index >= 15 is 0 Å². The van der Waals surface area contributed by atoms with Crippen LogP contribution in [0.4, 0.5) is 0 Å². The Morgan fingerprint density at radius 3 is 1.66 bits per heavy atom. The second-order valence-corrected chi connectivity index (χ2v) is 24.9. The van der Waals surface area contributed by atoms with Crippen LogP contribution >= 0.6 is 134 Å². The molecule has 1 N–H and O–H groups in total. The van der Waals surface area contributed by atoms with Gasteiger partial charge in [0.1, 0.15) is 17.2 Å². The molecular weight excluding hydrogens is 1130 g/mol. The van der Waals surface area contributed by atoms with Crippen LogP contribution in [0.2, 0.25) is 0 Å². The number of rotatable bonds is 5. The summed E-state index contributed by atoms with van der Waals surface area (Å²) in [7, 11) is 1.81. The second-order valence-electron chi connectivity index (χ2n) is 9.87. The molecule has 12 heteroatoms. The Labute approximate surface area is 321 Å². The molecule has 6 rings (SSSR count). The fourth-order valence-electron chi connectivity index (χ4n) is 6.07. The first-order valence-electron chi connectivity index (χ1n) is 13.1. The monoisotopic (exact) mass is 1160 g/mol. The third-order valence-electron chi connectivity index (χ3n) is 7.36. The summed E-state index contributed by atoms with van der Waals surface area (Å²) in [5.41, 5.74) is 8.12. The van der Waals surface area contributed by atoms with Crippen LogP contribution in [0.3, 0.4) is 0 Å². The molecule has 0 aromatic heterocycles. The smallest absolute Gasteiger partial charge is 0.303 e. The number of fused-ring (bicyclic) bond motifs is 6. The summed E-state index contributed by atoms with van der Waals surface area (Å²) in [5.74, 6) is 2.27. The molecule has 0 amide bonds. The molecule has 4 aliphatic rings. The first kappa shape index (κ1) is 38.7. The van der Waals surface area contributed by atoms with Crippen LogP contribution in [0.25, 0.3) is 0 Å². The van der Waals surface area contributed by atoms with E-state index in [-0.39, 0.29) is 25.8 Å². The van der Waals surface area contributed by atoms with Gasteiger partial charge in [-0.05, 0) is 100 Å². The number of hydrogen-bond donors (Lipinski definition) is 1. The fourth-order valence-corrected chi connectivity index (χ4v) is 6.07. The molecule has 2 heterocycles. The molecule has 2 aliphatic carbocycles. The number of ether oxygens (including phenoxy) is 2. The van der Waals surface area contributed by atoms with Gasteiger partial charge in [0, 0.05) is 30.4 Å². The van der Waals surface area contributed by atoms with E-state index in [1.807, 2.05) is 15.0 Å². The molecule has 2 aromatic carbocycles. The molecule has 2 aliphatic heterocycles. The molecule has 2 atom stereocenters. The maximum Gasteiger partial charge on any atom is 0.303 e. The predicted octanol–water partition coefficient (Wildman–Crippen LogP) is 9.91. The quantitative estimate of drug-likeness (QED) is 0.238. The lowest BCUT2D eigenvalue weighted by Crippen LogP contribution is -2.05. The fraction of sp³-hybridized carbons (Fsp3) is 0.517. The Bertz CT molecular complexity index is 1090. The number of Topliss-reactive ketones (excluding diaryl/α,β-unsaturated/α-hetero) is 1. The predicted molar refractivity (Wildman–Crippen MR) is 218 cm³/mol. The van der Waals surface area contributed by atoms with E-state index < -0.39 is 5.97 Å². The van der Waals surface area contributed by atoms with Crippen molar-refractivity contribution in [1.29, 1.82) is 0 Å². The molecule has 0 spiro atoms. The zero-order valence-electron chi connectivity index (χ0n) is 22.7. The Morgan fingerprint density at radius 2 is 1.29 bits per heavy atom. The summed E-state index contributed by atoms with van der Waals surface area (Å²) < 4.78 is 13.1. The summed E-state index contributed by atoms with van der Waals surface area (Å²) in [4.78, 5) is 22.1. The van der Waals surface area contributed by atoms with Gasteiger partial charge < -0.3 is 19.4 Å². The molecule has 5 nitrogen and oxygen atoms in total. The topological polar surface area (TPSA) is 72.8 Å². The highest BCUT2D eigenvalue weighted by Crippen LogP contribution is 2.44. The Kier molecular flexibility index (Phi) is 18.8. The second kappa shape index (κ2) is 19.9. The van der Waals surface area contributed by atoms with E-state index in [1.54, 1.807) is 6.92 Å². The minimum absolute atomic E-state index is 0. The number of halogens is 5. The van der Waals surface area contributed by atoms with Gasteiger partial charge in [0.2, 0.25) is 0 Å². The van der Waals surface area contributed by atoms with Gasteiger partial charge in [0.05, 0.1) is 23.4 Å². The number of carboxylic acids is 1. The van der Waals surface area contributed by atoms with Gasteiger partial charge in [-0.2, -0.15) is 13.5 Å². The van der Waals surface area contributed by atoms with Gasteiger partial charge >= 0.3 is 5.97 Å². The molecule has 228 valence electrons. The summed E-state index contributed by atoms with van der Waals surface area (Å²) in [6, 6.07) is 8.41. The SMILES string of the molecule is CC(=O)C[C@@H]1CCc2ccc3c(c21)CCO3.IC(I)I.ICSI.O=C(O)C[C@@H]1CCc2ccc3c(c21)CCO3.S. The van der Waals surface area contributed by atoms with Crippen LogP contribution in [0.15, 0.2) is 24.3 Å². The van der Waals surface area contributed by atoms with Crippen molar-refractivity contribution in [2.75, 3.05) is 17.0 Å². The Balaban J connectivity index is 0.000000224. The average Bonchev–Trinajstić information content (AvgIpc) is 3.69. The van der Waals surface area contributed by atoms with Crippen LogP contribution in [0, 0.1) is 0 Å². The zero-order chi connectivity index (χ0) is 29.2. The van der Waals surface area contributed by atoms with Gasteiger partial charge in [-0.3, -0.25) is 4.79 Å². The third-order valence-corrected chi connectivity index (χ3v) is 12.9. The lowest BCUT2D eigenvalue weighted by molar-refractivity contribution is -0.137. The molecule has 0 unspecified atom stereocenters. The molecule has 0 saturated heterocycles. The highest BCUT2D eigenvalue weighted by Gasteiger charge is 2.31. The number of aliphatic carboxylic acids is 1. The molecule has 0 fully saturated rings. The average molecular weight is 1160 g/mol. The van der Waals surface area contributed by atoms with Gasteiger partial charge in [0.15, 0.2) is 0 Å². The van der Waals surface area contributed by atoms with Crippen molar-refractivity contribution in [1.82, 2.24) is 0 Å². The molecule has 2 aromatic rings. The van der Waals surface area contributed by atoms with Crippen LogP contribution in [-0.4, -0.2) is 33.8 Å². The standard InChI is InChI=1S/C14H16O2.C13H14O3.CHI3.CH2I2S.H2S/c1-9(15)8-11-3-2-10-4-5-13-12(14(10)11)6-7-16-13;14-12(15)7-9-2-1-8-3-4-11-10(13(8)9)5-6-16-11;2-1(3)4;2-1-4-3;/h4-5,11H,2-3,6-8H2,1H3;3-4,9H,1-2,5-7H2,(H,14,15);1H;1H2;1H2/t11-;9-;;;/m00.../s1. The van der Waals surface area contributed by atoms with Gasteiger partial charge in [0.25, 0.3) is 0 Å². The van der Waals surface area contributed by atoms with E-state index in [0.29, 0.717) is 18.1 Å². The lowest BCUT2D eigenvalue weighted by Gasteiger charge is -2.13. The molecule has 41 heavy (non-hydrogen) atoms. The summed E-state index contributed by atoms with van der Waals surface area (Å²) in [6.07, 6.45) is 7.15. The number of carbonyl (C=O) groups is 2. The minimum atomic E-state index is -0.700. The van der Waals surface area contributed by atoms with E-state index in [2.05, 4.69) is 130 Å². The molecular formula is C29H35I5O5S2. The van der Waals surface area contributed by atoms with E-state index in [1.165, 1.54) is 37.1 Å². The van der Waals surface area contributed by atoms with Crippen LogP contribution in [-0.2, 0) is 35.3 Å². The molecule has 0 saturated carbocycles. The Hall–Kier alpha value is 1.53. The highest BCUT2D eigenvalue weighted by atomic mass is 127. The number of carbonyl (C=O) groups excluding carboxylic acids is 1. The van der Waals surface area contributed by atoms with Crippen LogP contribution in [0.1, 0.15) is 77.8 Å². The van der Waals surface area contributed by atoms with Crippen molar-refractivity contribution < 1.29 is 24.2 Å². The Morgan fingerprint density at radius 1 is 0.878 bits per heavy atom. The first-order chi connectivity index (χ1) is 19.2. The number of aryl methyl sites for hydroxylation is 2. The van der Waals surface area contributed by atoms with Gasteiger partial charge in [-0.25, -0.2) is 0 Å². The normalized spacial score (nSPS) is 18.3. The van der Waals surface area contributed by atoms with E-state index in [4.69, 9.17) is 14.6 Å². The first-order valence-corrected chi connectivity index (χ1v) is 21.9.